The molecule has 14 heavy (non-hydrogen) atoms. The van der Waals surface area contributed by atoms with Crippen molar-refractivity contribution in [3.63, 3.8) is 0 Å². The van der Waals surface area contributed by atoms with Gasteiger partial charge >= 0.3 is 5.97 Å². The van der Waals surface area contributed by atoms with Crippen molar-refractivity contribution >= 4 is 17.3 Å². The predicted molar refractivity (Wildman–Crippen MR) is 51.7 cm³/mol. The van der Waals surface area contributed by atoms with Crippen molar-refractivity contribution in [2.45, 2.75) is 0 Å². The van der Waals surface area contributed by atoms with Crippen molar-refractivity contribution in [3.8, 4) is 10.6 Å². The average Bonchev–Trinajstić information content (AvgIpc) is 2.70. The average molecular weight is 210 g/mol. The van der Waals surface area contributed by atoms with E-state index in [1.165, 1.54) is 11.3 Å². The number of aromatic carboxylic acids is 1. The summed E-state index contributed by atoms with van der Waals surface area (Å²) < 4.78 is 0. The minimum Gasteiger partial charge on any atom is -0.477 e. The molecule has 2 aromatic rings. The molecule has 2 rings (SSSR count). The molecule has 0 atom stereocenters. The molecule has 0 spiro atoms. The monoisotopic (exact) mass is 210 g/mol. The van der Waals surface area contributed by atoms with Gasteiger partial charge in [-0.25, -0.2) is 4.79 Å². The van der Waals surface area contributed by atoms with Crippen molar-refractivity contribution in [2.24, 2.45) is 0 Å². The minimum atomic E-state index is -1.23. The van der Waals surface area contributed by atoms with Gasteiger partial charge in [0.25, 0.3) is 5.56 Å². The summed E-state index contributed by atoms with van der Waals surface area (Å²) in [5, 5.41) is 15.4. The normalized spacial score (nSPS) is 10.3. The van der Waals surface area contributed by atoms with Crippen molar-refractivity contribution in [1.29, 1.82) is 0 Å². The fourth-order valence-electron chi connectivity index (χ4n) is 1.17. The number of hydrogen-bond acceptors (Lipinski definition) is 3. The van der Waals surface area contributed by atoms with Gasteiger partial charge in [-0.05, 0) is 11.4 Å². The number of H-pyrrole nitrogens is 2. The molecule has 72 valence electrons. The molecule has 2 heterocycles. The summed E-state index contributed by atoms with van der Waals surface area (Å²) in [5.41, 5.74) is -0.522. The second-order valence-corrected chi connectivity index (χ2v) is 3.56. The Hall–Kier alpha value is -1.82. The lowest BCUT2D eigenvalue weighted by Crippen LogP contribution is -2.11. The van der Waals surface area contributed by atoms with Gasteiger partial charge in [0.15, 0.2) is 5.56 Å². The van der Waals surface area contributed by atoms with Crippen LogP contribution in [0.5, 0.6) is 0 Å². The smallest absolute Gasteiger partial charge is 0.343 e. The maximum atomic E-state index is 11.1. The first kappa shape index (κ1) is 8.76. The fourth-order valence-corrected chi connectivity index (χ4v) is 1.90. The number of thiophene rings is 1. The van der Waals surface area contributed by atoms with E-state index in [4.69, 9.17) is 5.11 Å². The number of aromatic amines is 2. The van der Waals surface area contributed by atoms with Crippen LogP contribution in [0.2, 0.25) is 0 Å². The lowest BCUT2D eigenvalue weighted by molar-refractivity contribution is 0.0696. The van der Waals surface area contributed by atoms with Crippen molar-refractivity contribution in [1.82, 2.24) is 10.2 Å². The molecular weight excluding hydrogens is 204 g/mol. The highest BCUT2D eigenvalue weighted by Crippen LogP contribution is 2.23. The zero-order valence-corrected chi connectivity index (χ0v) is 7.72. The number of carboxylic acid groups (broad SMARTS) is 1. The zero-order valence-electron chi connectivity index (χ0n) is 6.90. The van der Waals surface area contributed by atoms with Crippen LogP contribution < -0.4 is 5.56 Å². The Morgan fingerprint density at radius 2 is 2.21 bits per heavy atom. The topological polar surface area (TPSA) is 85.9 Å². The summed E-state index contributed by atoms with van der Waals surface area (Å²) in [7, 11) is 0. The highest BCUT2D eigenvalue weighted by Gasteiger charge is 2.18. The molecule has 0 saturated carbocycles. The molecule has 0 amide bonds. The molecule has 3 N–H and O–H groups in total. The van der Waals surface area contributed by atoms with E-state index in [2.05, 4.69) is 10.2 Å². The zero-order chi connectivity index (χ0) is 10.1. The van der Waals surface area contributed by atoms with E-state index in [0.717, 1.165) is 4.88 Å². The molecular formula is C8H6N2O3S. The van der Waals surface area contributed by atoms with Gasteiger partial charge in [-0.1, -0.05) is 6.07 Å². The van der Waals surface area contributed by atoms with E-state index in [-0.39, 0.29) is 5.56 Å². The number of hydrogen-bond donors (Lipinski definition) is 3. The summed E-state index contributed by atoms with van der Waals surface area (Å²) >= 11 is 1.37. The highest BCUT2D eigenvalue weighted by molar-refractivity contribution is 7.13. The van der Waals surface area contributed by atoms with Crippen molar-refractivity contribution < 1.29 is 9.90 Å². The summed E-state index contributed by atoms with van der Waals surface area (Å²) in [6, 6.07) is 3.53. The third-order valence-corrected chi connectivity index (χ3v) is 2.65. The second-order valence-electron chi connectivity index (χ2n) is 2.61. The number of rotatable bonds is 2. The first-order valence-electron chi connectivity index (χ1n) is 3.78. The quantitative estimate of drug-likeness (QED) is 0.694. The molecule has 0 radical (unpaired) electrons. The van der Waals surface area contributed by atoms with Crippen molar-refractivity contribution in [2.75, 3.05) is 0 Å². The van der Waals surface area contributed by atoms with Gasteiger partial charge in [0.2, 0.25) is 0 Å². The van der Waals surface area contributed by atoms with Gasteiger partial charge in [0, 0.05) is 0 Å². The largest absolute Gasteiger partial charge is 0.477 e. The fraction of sp³-hybridized carbons (Fsp3) is 0. The van der Waals surface area contributed by atoms with Gasteiger partial charge in [-0.3, -0.25) is 15.0 Å². The Kier molecular flexibility index (Phi) is 1.97. The van der Waals surface area contributed by atoms with Gasteiger partial charge < -0.3 is 5.11 Å². The van der Waals surface area contributed by atoms with Crippen LogP contribution in [0.3, 0.4) is 0 Å². The minimum absolute atomic E-state index is 0.243. The number of carboxylic acids is 1. The Bertz CT molecular complexity index is 509. The van der Waals surface area contributed by atoms with E-state index >= 15 is 0 Å². The maximum absolute atomic E-state index is 11.1. The summed E-state index contributed by atoms with van der Waals surface area (Å²) in [6.07, 6.45) is 0. The Balaban J connectivity index is 2.66. The Labute approximate surface area is 82.0 Å². The molecule has 0 aromatic carbocycles. The molecule has 0 aliphatic rings. The molecule has 0 fully saturated rings. The van der Waals surface area contributed by atoms with Crippen LogP contribution in [-0.2, 0) is 0 Å². The van der Waals surface area contributed by atoms with Crippen LogP contribution >= 0.6 is 11.3 Å². The molecule has 0 bridgehead atoms. The third kappa shape index (κ3) is 1.25. The van der Waals surface area contributed by atoms with E-state index in [1.54, 1.807) is 12.1 Å². The summed E-state index contributed by atoms with van der Waals surface area (Å²) in [4.78, 5) is 22.6. The van der Waals surface area contributed by atoms with E-state index in [9.17, 15) is 9.59 Å². The van der Waals surface area contributed by atoms with Crippen LogP contribution in [0.1, 0.15) is 10.4 Å². The Morgan fingerprint density at radius 3 is 2.79 bits per heavy atom. The number of carbonyl (C=O) groups is 1. The number of nitrogens with one attached hydrogen (secondary N) is 2. The molecule has 0 aliphatic carbocycles. The standard InChI is InChI=1S/C8H6N2O3S/c11-7-5(8(12)13)6(9-10-7)4-2-1-3-14-4/h1-3H,(H,12,13)(H2,9,10,11). The first-order chi connectivity index (χ1) is 6.70. The molecule has 6 heteroatoms. The maximum Gasteiger partial charge on any atom is 0.343 e. The molecule has 2 aromatic heterocycles. The van der Waals surface area contributed by atoms with Gasteiger partial charge in [-0.15, -0.1) is 11.3 Å². The van der Waals surface area contributed by atoms with Gasteiger partial charge in [0.05, 0.1) is 10.6 Å². The number of aromatic nitrogens is 2. The Morgan fingerprint density at radius 1 is 1.43 bits per heavy atom. The van der Waals surface area contributed by atoms with E-state index in [1.807, 2.05) is 5.38 Å². The van der Waals surface area contributed by atoms with Crippen LogP contribution in [0, 0.1) is 0 Å². The molecule has 5 nitrogen and oxygen atoms in total. The highest BCUT2D eigenvalue weighted by atomic mass is 32.1. The van der Waals surface area contributed by atoms with Gasteiger partial charge in [0.1, 0.15) is 0 Å². The van der Waals surface area contributed by atoms with Crippen LogP contribution in [0.25, 0.3) is 10.6 Å². The lowest BCUT2D eigenvalue weighted by Gasteiger charge is -1.92. The molecule has 0 aliphatic heterocycles. The summed E-state index contributed by atoms with van der Waals surface area (Å²) in [6.45, 7) is 0. The SMILES string of the molecule is O=C(O)c1c(-c2cccs2)[nH][nH]c1=O. The van der Waals surface area contributed by atoms with Crippen LogP contribution in [0.15, 0.2) is 22.3 Å². The van der Waals surface area contributed by atoms with Crippen LogP contribution in [-0.4, -0.2) is 21.3 Å². The predicted octanol–water partition coefficient (Wildman–Crippen LogP) is 1.13. The van der Waals surface area contributed by atoms with Crippen molar-refractivity contribution in [3.05, 3.63) is 33.4 Å². The second kappa shape index (κ2) is 3.15. The first-order valence-corrected chi connectivity index (χ1v) is 4.66. The molecule has 0 saturated heterocycles. The van der Waals surface area contributed by atoms with Crippen LogP contribution in [0.4, 0.5) is 0 Å². The lowest BCUT2D eigenvalue weighted by atomic mass is 10.2. The third-order valence-electron chi connectivity index (χ3n) is 1.76. The van der Waals surface area contributed by atoms with E-state index < -0.39 is 11.5 Å². The summed E-state index contributed by atoms with van der Waals surface area (Å²) in [5.74, 6) is -1.23. The molecule has 0 unspecified atom stereocenters. The van der Waals surface area contributed by atoms with E-state index in [0.29, 0.717) is 5.69 Å². The van der Waals surface area contributed by atoms with Gasteiger partial charge in [-0.2, -0.15) is 0 Å².